The molecule has 0 bridgehead atoms. The van der Waals surface area contributed by atoms with Crippen molar-refractivity contribution in [3.63, 3.8) is 0 Å². The van der Waals surface area contributed by atoms with Gasteiger partial charge in [-0.3, -0.25) is 4.79 Å². The molecule has 2 aromatic carbocycles. The zero-order valence-corrected chi connectivity index (χ0v) is 13.2. The average molecular weight is 325 g/mol. The summed E-state index contributed by atoms with van der Waals surface area (Å²) < 4.78 is 5.33. The molecule has 0 aromatic heterocycles. The number of anilines is 1. The topological polar surface area (TPSA) is 75.6 Å². The number of benzene rings is 2. The van der Waals surface area contributed by atoms with Crippen LogP contribution in [-0.2, 0) is 9.59 Å². The lowest BCUT2D eigenvalue weighted by atomic mass is 10.0. The van der Waals surface area contributed by atoms with Crippen molar-refractivity contribution in [1.29, 1.82) is 0 Å². The van der Waals surface area contributed by atoms with E-state index in [1.54, 1.807) is 12.1 Å². The SMILES string of the molecule is O=C(O)COc1ccc(NC(=O)CC2C=CCC2)c2ccccc12. The molecular weight excluding hydrogens is 306 g/mol. The zero-order chi connectivity index (χ0) is 16.9. The number of carboxylic acid groups (broad SMARTS) is 1. The molecule has 0 aliphatic heterocycles. The van der Waals surface area contributed by atoms with Gasteiger partial charge in [0.05, 0.1) is 0 Å². The first-order valence-corrected chi connectivity index (χ1v) is 7.96. The van der Waals surface area contributed by atoms with Gasteiger partial charge in [-0.25, -0.2) is 4.79 Å². The van der Waals surface area contributed by atoms with Crippen molar-refractivity contribution >= 4 is 28.3 Å². The molecule has 2 N–H and O–H groups in total. The molecule has 2 aromatic rings. The van der Waals surface area contributed by atoms with E-state index in [4.69, 9.17) is 9.84 Å². The van der Waals surface area contributed by atoms with Gasteiger partial charge in [0.25, 0.3) is 0 Å². The third-order valence-corrected chi connectivity index (χ3v) is 4.07. The summed E-state index contributed by atoms with van der Waals surface area (Å²) in [4.78, 5) is 23.0. The number of hydrogen-bond acceptors (Lipinski definition) is 3. The Morgan fingerprint density at radius 3 is 2.67 bits per heavy atom. The molecule has 24 heavy (non-hydrogen) atoms. The van der Waals surface area contributed by atoms with Crippen molar-refractivity contribution in [2.45, 2.75) is 19.3 Å². The summed E-state index contributed by atoms with van der Waals surface area (Å²) in [5.74, 6) is -0.240. The number of rotatable bonds is 6. The van der Waals surface area contributed by atoms with Crippen LogP contribution in [0.3, 0.4) is 0 Å². The summed E-state index contributed by atoms with van der Waals surface area (Å²) in [5.41, 5.74) is 0.709. The molecule has 1 unspecified atom stereocenters. The summed E-state index contributed by atoms with van der Waals surface area (Å²) in [7, 11) is 0. The normalized spacial score (nSPS) is 16.2. The van der Waals surface area contributed by atoms with Crippen LogP contribution in [0.5, 0.6) is 5.75 Å². The maximum absolute atomic E-state index is 12.3. The lowest BCUT2D eigenvalue weighted by Crippen LogP contribution is -2.15. The number of carbonyl (C=O) groups is 2. The fourth-order valence-electron chi connectivity index (χ4n) is 2.95. The van der Waals surface area contributed by atoms with E-state index in [-0.39, 0.29) is 5.91 Å². The molecule has 0 radical (unpaired) electrons. The first-order valence-electron chi connectivity index (χ1n) is 7.96. The maximum Gasteiger partial charge on any atom is 0.341 e. The minimum atomic E-state index is -1.03. The van der Waals surface area contributed by atoms with Crippen LogP contribution in [0.15, 0.2) is 48.6 Å². The highest BCUT2D eigenvalue weighted by atomic mass is 16.5. The van der Waals surface area contributed by atoms with E-state index in [0.717, 1.165) is 23.6 Å². The van der Waals surface area contributed by atoms with Crippen molar-refractivity contribution in [3.05, 3.63) is 48.6 Å². The van der Waals surface area contributed by atoms with E-state index in [1.165, 1.54) is 0 Å². The van der Waals surface area contributed by atoms with Crippen molar-refractivity contribution < 1.29 is 19.4 Å². The molecule has 0 heterocycles. The second kappa shape index (κ2) is 7.17. The summed E-state index contributed by atoms with van der Waals surface area (Å²) in [5, 5.41) is 13.3. The third-order valence-electron chi connectivity index (χ3n) is 4.07. The number of hydrogen-bond donors (Lipinski definition) is 2. The van der Waals surface area contributed by atoms with Gasteiger partial charge in [-0.15, -0.1) is 0 Å². The lowest BCUT2D eigenvalue weighted by Gasteiger charge is -2.13. The molecule has 124 valence electrons. The molecule has 1 amide bonds. The molecule has 1 aliphatic rings. The molecular formula is C19H19NO4. The fraction of sp³-hybridized carbons (Fsp3) is 0.263. The predicted molar refractivity (Wildman–Crippen MR) is 92.2 cm³/mol. The van der Waals surface area contributed by atoms with Crippen LogP contribution >= 0.6 is 0 Å². The van der Waals surface area contributed by atoms with Crippen molar-refractivity contribution in [2.75, 3.05) is 11.9 Å². The Balaban J connectivity index is 1.80. The third kappa shape index (κ3) is 3.74. The van der Waals surface area contributed by atoms with E-state index in [1.807, 2.05) is 24.3 Å². The van der Waals surface area contributed by atoms with Crippen molar-refractivity contribution in [3.8, 4) is 5.75 Å². The fourth-order valence-corrected chi connectivity index (χ4v) is 2.95. The van der Waals surface area contributed by atoms with E-state index < -0.39 is 12.6 Å². The second-order valence-corrected chi connectivity index (χ2v) is 5.86. The Morgan fingerprint density at radius 2 is 1.96 bits per heavy atom. The summed E-state index contributed by atoms with van der Waals surface area (Å²) in [6, 6.07) is 10.9. The first kappa shape index (κ1) is 16.1. The molecule has 5 heteroatoms. The summed E-state index contributed by atoms with van der Waals surface area (Å²) in [6.07, 6.45) is 6.75. The highest BCUT2D eigenvalue weighted by Crippen LogP contribution is 2.32. The molecule has 1 aliphatic carbocycles. The Hall–Kier alpha value is -2.82. The standard InChI is InChI=1S/C19H19NO4/c21-18(11-13-5-1-2-6-13)20-16-9-10-17(24-12-19(22)23)15-8-4-3-7-14(15)16/h1,3-5,7-10,13H,2,6,11-12H2,(H,20,21)(H,22,23). The van der Waals surface area contributed by atoms with E-state index in [2.05, 4.69) is 17.5 Å². The molecule has 3 rings (SSSR count). The number of fused-ring (bicyclic) bond motifs is 1. The van der Waals surface area contributed by atoms with E-state index >= 15 is 0 Å². The number of ether oxygens (including phenoxy) is 1. The Kier molecular flexibility index (Phi) is 4.79. The minimum Gasteiger partial charge on any atom is -0.481 e. The van der Waals surface area contributed by atoms with Crippen LogP contribution < -0.4 is 10.1 Å². The quantitative estimate of drug-likeness (QED) is 0.796. The molecule has 5 nitrogen and oxygen atoms in total. The van der Waals surface area contributed by atoms with Gasteiger partial charge in [0.2, 0.25) is 5.91 Å². The van der Waals surface area contributed by atoms with Crippen molar-refractivity contribution in [2.24, 2.45) is 5.92 Å². The van der Waals surface area contributed by atoms with Crippen LogP contribution in [0.4, 0.5) is 5.69 Å². The minimum absolute atomic E-state index is 0.0177. The smallest absolute Gasteiger partial charge is 0.341 e. The van der Waals surface area contributed by atoms with Crippen molar-refractivity contribution in [1.82, 2.24) is 0 Å². The Morgan fingerprint density at radius 1 is 1.17 bits per heavy atom. The lowest BCUT2D eigenvalue weighted by molar-refractivity contribution is -0.139. The van der Waals surface area contributed by atoms with Crippen LogP contribution in [0, 0.1) is 5.92 Å². The molecule has 0 saturated carbocycles. The van der Waals surface area contributed by atoms with Gasteiger partial charge in [0, 0.05) is 22.9 Å². The predicted octanol–water partition coefficient (Wildman–Crippen LogP) is 3.60. The van der Waals surface area contributed by atoms with Gasteiger partial charge in [0.1, 0.15) is 5.75 Å². The van der Waals surface area contributed by atoms with Gasteiger partial charge in [-0.05, 0) is 30.9 Å². The first-order chi connectivity index (χ1) is 11.6. The number of allylic oxidation sites excluding steroid dienone is 2. The van der Waals surface area contributed by atoms with Crippen LogP contribution in [0.25, 0.3) is 10.8 Å². The number of carboxylic acids is 1. The Labute approximate surface area is 139 Å². The molecule has 1 atom stereocenters. The molecule has 0 saturated heterocycles. The van der Waals surface area contributed by atoms with Crippen LogP contribution in [0.1, 0.15) is 19.3 Å². The van der Waals surface area contributed by atoms with E-state index in [0.29, 0.717) is 23.8 Å². The zero-order valence-electron chi connectivity index (χ0n) is 13.2. The van der Waals surface area contributed by atoms with Gasteiger partial charge >= 0.3 is 5.97 Å². The van der Waals surface area contributed by atoms with Gasteiger partial charge in [-0.1, -0.05) is 36.4 Å². The highest BCUT2D eigenvalue weighted by molar-refractivity contribution is 6.04. The van der Waals surface area contributed by atoms with Gasteiger partial charge < -0.3 is 15.2 Å². The maximum atomic E-state index is 12.3. The average Bonchev–Trinajstić information content (AvgIpc) is 3.07. The number of aliphatic carboxylic acids is 1. The highest BCUT2D eigenvalue weighted by Gasteiger charge is 2.15. The van der Waals surface area contributed by atoms with Crippen LogP contribution in [-0.4, -0.2) is 23.6 Å². The summed E-state index contributed by atoms with van der Waals surface area (Å²) in [6.45, 7) is -0.399. The number of nitrogens with one attached hydrogen (secondary N) is 1. The Bertz CT molecular complexity index is 797. The second-order valence-electron chi connectivity index (χ2n) is 5.86. The van der Waals surface area contributed by atoms with Gasteiger partial charge in [-0.2, -0.15) is 0 Å². The van der Waals surface area contributed by atoms with Crippen LogP contribution in [0.2, 0.25) is 0 Å². The van der Waals surface area contributed by atoms with E-state index in [9.17, 15) is 9.59 Å². The van der Waals surface area contributed by atoms with Gasteiger partial charge in [0.15, 0.2) is 6.61 Å². The number of amides is 1. The molecule has 0 fully saturated rings. The summed E-state index contributed by atoms with van der Waals surface area (Å²) >= 11 is 0. The molecule has 0 spiro atoms. The largest absolute Gasteiger partial charge is 0.481 e. The monoisotopic (exact) mass is 325 g/mol. The number of carbonyl (C=O) groups excluding carboxylic acids is 1.